The minimum Gasteiger partial charge on any atom is -0.481 e. The van der Waals surface area contributed by atoms with Crippen LogP contribution in [0.25, 0.3) is 0 Å². The summed E-state index contributed by atoms with van der Waals surface area (Å²) in [5.41, 5.74) is 0.377. The van der Waals surface area contributed by atoms with Crippen LogP contribution in [0.4, 0.5) is 0 Å². The molecule has 0 aliphatic carbocycles. The quantitative estimate of drug-likeness (QED) is 0.858. The van der Waals surface area contributed by atoms with E-state index in [0.717, 1.165) is 4.90 Å². The molecule has 21 heavy (non-hydrogen) atoms. The molecule has 1 amide bonds. The summed E-state index contributed by atoms with van der Waals surface area (Å²) < 4.78 is 5.20. The number of benzene rings is 1. The zero-order chi connectivity index (χ0) is 15.6. The van der Waals surface area contributed by atoms with E-state index in [4.69, 9.17) is 16.3 Å². The number of likely N-dealkylation sites (N-methyl/N-ethyl adjacent to an activating group) is 1. The summed E-state index contributed by atoms with van der Waals surface area (Å²) in [6, 6.07) is 4.75. The van der Waals surface area contributed by atoms with Gasteiger partial charge in [-0.3, -0.25) is 9.59 Å². The van der Waals surface area contributed by atoms with E-state index in [1.165, 1.54) is 16.7 Å². The summed E-state index contributed by atoms with van der Waals surface area (Å²) in [7, 11) is 1.58. The van der Waals surface area contributed by atoms with Gasteiger partial charge in [-0.15, -0.1) is 11.8 Å². The molecule has 0 bridgehead atoms. The largest absolute Gasteiger partial charge is 0.481 e. The number of hydrogen-bond acceptors (Lipinski definition) is 4. The van der Waals surface area contributed by atoms with E-state index in [2.05, 4.69) is 0 Å². The Labute approximate surface area is 132 Å². The normalized spacial score (nSPS) is 21.3. The standard InChI is InChI=1S/C14H16ClNO4S/c1-16(12-7-20-6-10(12)14(18)19)13(17)9-5-8(21-2)3-4-11(9)15/h3-5,10,12H,6-7H2,1-2H3,(H,18,19). The van der Waals surface area contributed by atoms with Gasteiger partial charge in [-0.2, -0.15) is 0 Å². The van der Waals surface area contributed by atoms with Crippen LogP contribution in [0, 0.1) is 5.92 Å². The van der Waals surface area contributed by atoms with Crippen molar-refractivity contribution in [2.75, 3.05) is 26.5 Å². The summed E-state index contributed by atoms with van der Waals surface area (Å²) in [4.78, 5) is 26.1. The Hall–Kier alpha value is -1.24. The number of thioether (sulfide) groups is 1. The molecule has 1 heterocycles. The zero-order valence-electron chi connectivity index (χ0n) is 11.7. The van der Waals surface area contributed by atoms with Crippen molar-refractivity contribution in [2.45, 2.75) is 10.9 Å². The second kappa shape index (κ2) is 6.68. The predicted molar refractivity (Wildman–Crippen MR) is 81.1 cm³/mol. The SMILES string of the molecule is CSc1ccc(Cl)c(C(=O)N(C)C2COCC2C(=O)O)c1. The third kappa shape index (κ3) is 3.33. The van der Waals surface area contributed by atoms with E-state index in [1.54, 1.807) is 19.2 Å². The van der Waals surface area contributed by atoms with Crippen LogP contribution < -0.4 is 0 Å². The van der Waals surface area contributed by atoms with Gasteiger partial charge in [0.05, 0.1) is 29.8 Å². The van der Waals surface area contributed by atoms with Gasteiger partial charge < -0.3 is 14.7 Å². The molecule has 7 heteroatoms. The number of amides is 1. The van der Waals surface area contributed by atoms with Crippen molar-refractivity contribution in [3.05, 3.63) is 28.8 Å². The lowest BCUT2D eigenvalue weighted by atomic mass is 10.0. The number of halogens is 1. The molecule has 2 unspecified atom stereocenters. The van der Waals surface area contributed by atoms with Gasteiger partial charge in [0.1, 0.15) is 5.92 Å². The van der Waals surface area contributed by atoms with Gasteiger partial charge in [-0.1, -0.05) is 11.6 Å². The topological polar surface area (TPSA) is 66.8 Å². The molecular weight excluding hydrogens is 314 g/mol. The van der Waals surface area contributed by atoms with Gasteiger partial charge in [0.15, 0.2) is 0 Å². The molecule has 2 rings (SSSR count). The van der Waals surface area contributed by atoms with E-state index in [9.17, 15) is 14.7 Å². The summed E-state index contributed by atoms with van der Waals surface area (Å²) in [5.74, 6) is -1.96. The number of hydrogen-bond donors (Lipinski definition) is 1. The first-order valence-electron chi connectivity index (χ1n) is 6.37. The Bertz CT molecular complexity index is 566. The maximum atomic E-state index is 12.6. The molecule has 1 fully saturated rings. The van der Waals surface area contributed by atoms with Crippen molar-refractivity contribution >= 4 is 35.2 Å². The average Bonchev–Trinajstić information content (AvgIpc) is 2.96. The second-order valence-corrected chi connectivity index (χ2v) is 6.10. The van der Waals surface area contributed by atoms with Crippen molar-refractivity contribution in [1.29, 1.82) is 0 Å². The van der Waals surface area contributed by atoms with Crippen LogP contribution in [0.1, 0.15) is 10.4 Å². The van der Waals surface area contributed by atoms with Crippen LogP contribution in [-0.4, -0.2) is 54.4 Å². The Morgan fingerprint density at radius 2 is 2.14 bits per heavy atom. The first-order valence-corrected chi connectivity index (χ1v) is 7.97. The van der Waals surface area contributed by atoms with Crippen LogP contribution in [0.5, 0.6) is 0 Å². The number of nitrogens with zero attached hydrogens (tertiary/aromatic N) is 1. The van der Waals surface area contributed by atoms with Crippen LogP contribution in [0.15, 0.2) is 23.1 Å². The minimum absolute atomic E-state index is 0.121. The van der Waals surface area contributed by atoms with Gasteiger partial charge in [0, 0.05) is 11.9 Å². The number of carboxylic acid groups (broad SMARTS) is 1. The summed E-state index contributed by atoms with van der Waals surface area (Å²) >= 11 is 7.60. The lowest BCUT2D eigenvalue weighted by Crippen LogP contribution is -2.44. The van der Waals surface area contributed by atoms with Crippen LogP contribution >= 0.6 is 23.4 Å². The number of ether oxygens (including phenoxy) is 1. The minimum atomic E-state index is -0.957. The van der Waals surface area contributed by atoms with Crippen LogP contribution in [0.2, 0.25) is 5.02 Å². The van der Waals surface area contributed by atoms with E-state index < -0.39 is 17.9 Å². The van der Waals surface area contributed by atoms with Crippen molar-refractivity contribution < 1.29 is 19.4 Å². The van der Waals surface area contributed by atoms with Gasteiger partial charge in [-0.25, -0.2) is 0 Å². The van der Waals surface area contributed by atoms with Crippen molar-refractivity contribution in [1.82, 2.24) is 4.90 Å². The fourth-order valence-corrected chi connectivity index (χ4v) is 2.93. The summed E-state index contributed by atoms with van der Waals surface area (Å²) in [5, 5.41) is 9.53. The van der Waals surface area contributed by atoms with Crippen molar-refractivity contribution in [2.24, 2.45) is 5.92 Å². The molecule has 1 N–H and O–H groups in total. The number of carboxylic acids is 1. The highest BCUT2D eigenvalue weighted by Crippen LogP contribution is 2.26. The molecule has 0 aromatic heterocycles. The van der Waals surface area contributed by atoms with Crippen LogP contribution in [-0.2, 0) is 9.53 Å². The number of aliphatic carboxylic acids is 1. The van der Waals surface area contributed by atoms with Crippen LogP contribution in [0.3, 0.4) is 0 Å². The van der Waals surface area contributed by atoms with Crippen molar-refractivity contribution in [3.8, 4) is 0 Å². The molecule has 1 aromatic carbocycles. The lowest BCUT2D eigenvalue weighted by Gasteiger charge is -2.26. The average molecular weight is 330 g/mol. The fraction of sp³-hybridized carbons (Fsp3) is 0.429. The summed E-state index contributed by atoms with van der Waals surface area (Å²) in [6.45, 7) is 0.343. The molecule has 1 aromatic rings. The van der Waals surface area contributed by atoms with E-state index in [1.807, 2.05) is 12.3 Å². The van der Waals surface area contributed by atoms with Gasteiger partial charge >= 0.3 is 5.97 Å². The third-order valence-electron chi connectivity index (χ3n) is 3.59. The molecule has 114 valence electrons. The highest BCUT2D eigenvalue weighted by molar-refractivity contribution is 7.98. The molecule has 0 spiro atoms. The summed E-state index contributed by atoms with van der Waals surface area (Å²) in [6.07, 6.45) is 1.91. The molecule has 1 saturated heterocycles. The first-order chi connectivity index (χ1) is 9.95. The van der Waals surface area contributed by atoms with Gasteiger partial charge in [-0.05, 0) is 24.5 Å². The maximum Gasteiger partial charge on any atom is 0.311 e. The fourth-order valence-electron chi connectivity index (χ4n) is 2.30. The highest BCUT2D eigenvalue weighted by Gasteiger charge is 2.39. The zero-order valence-corrected chi connectivity index (χ0v) is 13.3. The molecule has 0 radical (unpaired) electrons. The predicted octanol–water partition coefficient (Wildman–Crippen LogP) is 2.23. The molecule has 2 atom stereocenters. The Morgan fingerprint density at radius 3 is 2.76 bits per heavy atom. The third-order valence-corrected chi connectivity index (χ3v) is 4.64. The lowest BCUT2D eigenvalue weighted by molar-refractivity contribution is -0.142. The highest BCUT2D eigenvalue weighted by atomic mass is 35.5. The number of rotatable bonds is 4. The van der Waals surface area contributed by atoms with E-state index in [0.29, 0.717) is 10.6 Å². The molecule has 1 aliphatic rings. The molecular formula is C14H16ClNO4S. The Balaban J connectivity index is 2.25. The molecule has 5 nitrogen and oxygen atoms in total. The van der Waals surface area contributed by atoms with Gasteiger partial charge in [0.25, 0.3) is 5.91 Å². The second-order valence-electron chi connectivity index (χ2n) is 4.81. The monoisotopic (exact) mass is 329 g/mol. The molecule has 1 aliphatic heterocycles. The van der Waals surface area contributed by atoms with Gasteiger partial charge in [0.2, 0.25) is 0 Å². The first kappa shape index (κ1) is 16.1. The van der Waals surface area contributed by atoms with E-state index >= 15 is 0 Å². The smallest absolute Gasteiger partial charge is 0.311 e. The Kier molecular flexibility index (Phi) is 5.13. The van der Waals surface area contributed by atoms with E-state index in [-0.39, 0.29) is 19.1 Å². The van der Waals surface area contributed by atoms with Crippen molar-refractivity contribution in [3.63, 3.8) is 0 Å². The number of carbonyl (C=O) groups excluding carboxylic acids is 1. The molecule has 0 saturated carbocycles. The number of carbonyl (C=O) groups is 2. The Morgan fingerprint density at radius 1 is 1.43 bits per heavy atom. The maximum absolute atomic E-state index is 12.6.